The first kappa shape index (κ1) is 27.0. The zero-order valence-corrected chi connectivity index (χ0v) is 22.2. The summed E-state index contributed by atoms with van der Waals surface area (Å²) >= 11 is 0. The van der Waals surface area contributed by atoms with Crippen LogP contribution >= 0.6 is 24.0 Å². The van der Waals surface area contributed by atoms with Gasteiger partial charge in [0.1, 0.15) is 5.75 Å². The van der Waals surface area contributed by atoms with Gasteiger partial charge in [0.2, 0.25) is 0 Å². The van der Waals surface area contributed by atoms with E-state index in [1.54, 1.807) is 21.3 Å². The zero-order valence-electron chi connectivity index (χ0n) is 19.9. The molecule has 0 bridgehead atoms. The predicted octanol–water partition coefficient (Wildman–Crippen LogP) is 4.00. The van der Waals surface area contributed by atoms with Crippen LogP contribution in [0.2, 0.25) is 0 Å². The van der Waals surface area contributed by atoms with Gasteiger partial charge in [-0.3, -0.25) is 9.89 Å². The molecule has 1 saturated heterocycles. The first-order valence-electron chi connectivity index (χ1n) is 11.3. The van der Waals surface area contributed by atoms with Crippen LogP contribution in [0.5, 0.6) is 17.2 Å². The van der Waals surface area contributed by atoms with Crippen molar-refractivity contribution in [2.75, 3.05) is 47.5 Å². The Kier molecular flexibility index (Phi) is 11.6. The van der Waals surface area contributed by atoms with Crippen molar-refractivity contribution in [2.24, 2.45) is 10.7 Å². The number of methoxy groups -OCH3 is 3. The lowest BCUT2D eigenvalue weighted by Crippen LogP contribution is -2.37. The van der Waals surface area contributed by atoms with Crippen LogP contribution in [0.15, 0.2) is 47.5 Å². The summed E-state index contributed by atoms with van der Waals surface area (Å²) in [5.74, 6) is 2.82. The number of nitrogens with zero attached hydrogens (tertiary/aromatic N) is 2. The molecule has 8 heteroatoms. The fourth-order valence-corrected chi connectivity index (χ4v) is 4.19. The molecule has 1 atom stereocenters. The van der Waals surface area contributed by atoms with E-state index in [-0.39, 0.29) is 30.0 Å². The SMILES string of the molecule is COc1ccc(CCNC(N)=NCC(c2ccccc2OC)N2CCCCC2)cc1OC.I. The molecule has 182 valence electrons. The largest absolute Gasteiger partial charge is 0.496 e. The summed E-state index contributed by atoms with van der Waals surface area (Å²) < 4.78 is 16.3. The van der Waals surface area contributed by atoms with Crippen molar-refractivity contribution in [3.63, 3.8) is 0 Å². The van der Waals surface area contributed by atoms with Gasteiger partial charge in [0.25, 0.3) is 0 Å². The molecule has 2 aromatic rings. The number of halogens is 1. The summed E-state index contributed by atoms with van der Waals surface area (Å²) in [6.45, 7) is 3.43. The van der Waals surface area contributed by atoms with E-state index < -0.39 is 0 Å². The number of piperidine rings is 1. The third-order valence-electron chi connectivity index (χ3n) is 5.93. The summed E-state index contributed by atoms with van der Waals surface area (Å²) in [5, 5.41) is 3.24. The highest BCUT2D eigenvalue weighted by atomic mass is 127. The maximum Gasteiger partial charge on any atom is 0.188 e. The second kappa shape index (κ2) is 14.1. The molecule has 0 amide bonds. The molecule has 1 aliphatic rings. The summed E-state index contributed by atoms with van der Waals surface area (Å²) in [6, 6.07) is 14.3. The number of nitrogens with two attached hydrogens (primary N) is 1. The molecule has 2 aromatic carbocycles. The quantitative estimate of drug-likeness (QED) is 0.256. The van der Waals surface area contributed by atoms with E-state index in [0.29, 0.717) is 19.0 Å². The van der Waals surface area contributed by atoms with Crippen molar-refractivity contribution in [3.05, 3.63) is 53.6 Å². The van der Waals surface area contributed by atoms with E-state index in [9.17, 15) is 0 Å². The second-order valence-corrected chi connectivity index (χ2v) is 7.95. The number of aliphatic imine (C=N–C) groups is 1. The Labute approximate surface area is 214 Å². The number of ether oxygens (including phenoxy) is 3. The van der Waals surface area contributed by atoms with Gasteiger partial charge >= 0.3 is 0 Å². The van der Waals surface area contributed by atoms with Crippen LogP contribution in [0.1, 0.15) is 36.4 Å². The van der Waals surface area contributed by atoms with Gasteiger partial charge in [-0.15, -0.1) is 24.0 Å². The van der Waals surface area contributed by atoms with E-state index in [1.807, 2.05) is 30.3 Å². The highest BCUT2D eigenvalue weighted by Gasteiger charge is 2.24. The van der Waals surface area contributed by atoms with Crippen molar-refractivity contribution in [2.45, 2.75) is 31.7 Å². The lowest BCUT2D eigenvalue weighted by Gasteiger charge is -2.34. The molecule has 1 unspecified atom stereocenters. The highest BCUT2D eigenvalue weighted by Crippen LogP contribution is 2.31. The topological polar surface area (TPSA) is 81.3 Å². The maximum atomic E-state index is 6.21. The van der Waals surface area contributed by atoms with Crippen molar-refractivity contribution in [3.8, 4) is 17.2 Å². The Balaban J connectivity index is 0.00000385. The molecule has 0 aliphatic carbocycles. The summed E-state index contributed by atoms with van der Waals surface area (Å²) in [6.07, 6.45) is 4.53. The summed E-state index contributed by atoms with van der Waals surface area (Å²) in [5.41, 5.74) is 8.52. The van der Waals surface area contributed by atoms with Gasteiger partial charge in [-0.1, -0.05) is 30.7 Å². The Morgan fingerprint density at radius 1 is 0.970 bits per heavy atom. The van der Waals surface area contributed by atoms with Gasteiger partial charge < -0.3 is 25.3 Å². The molecule has 0 saturated carbocycles. The number of rotatable bonds is 10. The van der Waals surface area contributed by atoms with Gasteiger partial charge in [-0.05, 0) is 56.1 Å². The van der Waals surface area contributed by atoms with Gasteiger partial charge in [0, 0.05) is 12.1 Å². The van der Waals surface area contributed by atoms with Crippen molar-refractivity contribution in [1.82, 2.24) is 10.2 Å². The number of benzene rings is 2. The second-order valence-electron chi connectivity index (χ2n) is 7.95. The molecule has 0 aromatic heterocycles. The molecule has 7 nitrogen and oxygen atoms in total. The fourth-order valence-electron chi connectivity index (χ4n) is 4.19. The molecule has 1 aliphatic heterocycles. The first-order chi connectivity index (χ1) is 15.7. The van der Waals surface area contributed by atoms with E-state index in [4.69, 9.17) is 19.9 Å². The first-order valence-corrected chi connectivity index (χ1v) is 11.3. The minimum Gasteiger partial charge on any atom is -0.496 e. The van der Waals surface area contributed by atoms with Crippen LogP contribution in [0.25, 0.3) is 0 Å². The molecular weight excluding hydrogens is 531 g/mol. The number of guanidine groups is 1. The molecule has 0 spiro atoms. The fraction of sp³-hybridized carbons (Fsp3) is 0.480. The summed E-state index contributed by atoms with van der Waals surface area (Å²) in [7, 11) is 5.00. The average molecular weight is 569 g/mol. The predicted molar refractivity (Wildman–Crippen MR) is 144 cm³/mol. The average Bonchev–Trinajstić information content (AvgIpc) is 2.85. The van der Waals surface area contributed by atoms with Crippen molar-refractivity contribution in [1.29, 1.82) is 0 Å². The molecule has 3 rings (SSSR count). The Bertz CT molecular complexity index is 888. The third kappa shape index (κ3) is 7.67. The Morgan fingerprint density at radius 3 is 2.36 bits per heavy atom. The number of likely N-dealkylation sites (tertiary alicyclic amines) is 1. The lowest BCUT2D eigenvalue weighted by atomic mass is 10.0. The van der Waals surface area contributed by atoms with Gasteiger partial charge in [0.15, 0.2) is 17.5 Å². The Hall–Kier alpha value is -2.20. The normalized spacial score (nSPS) is 15.3. The monoisotopic (exact) mass is 568 g/mol. The molecule has 1 heterocycles. The molecule has 3 N–H and O–H groups in total. The van der Waals surface area contributed by atoms with Crippen LogP contribution in [0.3, 0.4) is 0 Å². The zero-order chi connectivity index (χ0) is 22.8. The lowest BCUT2D eigenvalue weighted by molar-refractivity contribution is 0.165. The highest BCUT2D eigenvalue weighted by molar-refractivity contribution is 14.0. The summed E-state index contributed by atoms with van der Waals surface area (Å²) in [4.78, 5) is 7.19. The van der Waals surface area contributed by atoms with Crippen LogP contribution in [-0.4, -0.2) is 58.4 Å². The van der Waals surface area contributed by atoms with Crippen LogP contribution in [0, 0.1) is 0 Å². The van der Waals surface area contributed by atoms with Gasteiger partial charge in [-0.25, -0.2) is 0 Å². The number of nitrogens with one attached hydrogen (secondary N) is 1. The Morgan fingerprint density at radius 2 is 1.67 bits per heavy atom. The third-order valence-corrected chi connectivity index (χ3v) is 5.93. The van der Waals surface area contributed by atoms with Gasteiger partial charge in [0.05, 0.1) is 33.9 Å². The standard InChI is InChI=1S/C25H36N4O3.HI/c1-30-22-10-6-5-9-20(22)21(29-15-7-4-8-16-29)18-28-25(26)27-14-13-19-11-12-23(31-2)24(17-19)32-3;/h5-6,9-12,17,21H,4,7-8,13-16,18H2,1-3H3,(H3,26,27,28);1H. The minimum atomic E-state index is 0. The molecular formula is C25H37IN4O3. The minimum absolute atomic E-state index is 0. The number of hydrogen-bond donors (Lipinski definition) is 2. The van der Waals surface area contributed by atoms with Gasteiger partial charge in [-0.2, -0.15) is 0 Å². The number of para-hydroxylation sites is 1. The molecule has 33 heavy (non-hydrogen) atoms. The number of hydrogen-bond acceptors (Lipinski definition) is 5. The van der Waals surface area contributed by atoms with Crippen molar-refractivity contribution < 1.29 is 14.2 Å². The van der Waals surface area contributed by atoms with Crippen LogP contribution in [-0.2, 0) is 6.42 Å². The van der Waals surface area contributed by atoms with Crippen LogP contribution in [0.4, 0.5) is 0 Å². The van der Waals surface area contributed by atoms with E-state index in [1.165, 1.54) is 24.8 Å². The smallest absolute Gasteiger partial charge is 0.188 e. The van der Waals surface area contributed by atoms with E-state index >= 15 is 0 Å². The van der Waals surface area contributed by atoms with Crippen molar-refractivity contribution >= 4 is 29.9 Å². The van der Waals surface area contributed by atoms with E-state index in [0.717, 1.165) is 42.3 Å². The molecule has 0 radical (unpaired) electrons. The van der Waals surface area contributed by atoms with E-state index in [2.05, 4.69) is 27.3 Å². The maximum absolute atomic E-state index is 6.21. The molecule has 1 fully saturated rings. The van der Waals surface area contributed by atoms with Crippen LogP contribution < -0.4 is 25.3 Å².